The second-order valence-electron chi connectivity index (χ2n) is 10.1. The van der Waals surface area contributed by atoms with Gasteiger partial charge in [-0.25, -0.2) is 4.90 Å². The van der Waals surface area contributed by atoms with Crippen LogP contribution in [0.5, 0.6) is 5.75 Å². The average Bonchev–Trinajstić information content (AvgIpc) is 3.35. The fraction of sp³-hybridized carbons (Fsp3) is 0.219. The number of ether oxygens (including phenoxy) is 1. The number of benzene rings is 3. The first-order valence-electron chi connectivity index (χ1n) is 12.6. The first-order chi connectivity index (χ1) is 18.0. The van der Waals surface area contributed by atoms with Gasteiger partial charge in [0.25, 0.3) is 0 Å². The number of hydrogen-bond acceptors (Lipinski definition) is 4. The maximum absolute atomic E-state index is 14.3. The summed E-state index contributed by atoms with van der Waals surface area (Å²) in [6, 6.07) is 27.2. The number of amides is 2. The number of hydrogen-bond donors (Lipinski definition) is 0. The van der Waals surface area contributed by atoms with Crippen molar-refractivity contribution in [3.8, 4) is 5.75 Å². The zero-order chi connectivity index (χ0) is 25.6. The molecule has 2 fully saturated rings. The van der Waals surface area contributed by atoms with Gasteiger partial charge >= 0.3 is 5.97 Å². The summed E-state index contributed by atoms with van der Waals surface area (Å²) < 4.78 is 5.39. The van der Waals surface area contributed by atoms with Crippen LogP contribution < -0.4 is 9.64 Å². The standard InChI is InChI=1S/C32H27NO4/c1-22(34)37-27-17-9-8-16-26(27)33-29(35)31-18-10-11-19-32(31,30(33)36)21-25(20-31)28(23-12-4-2-5-13-23)24-14-6-3-7-15-24/h2-17H,18-21H2,1H3. The molecule has 2 atom stereocenters. The molecule has 37 heavy (non-hydrogen) atoms. The van der Waals surface area contributed by atoms with Crippen molar-refractivity contribution in [1.29, 1.82) is 0 Å². The van der Waals surface area contributed by atoms with Crippen LogP contribution in [0.2, 0.25) is 0 Å². The topological polar surface area (TPSA) is 63.7 Å². The van der Waals surface area contributed by atoms with Crippen LogP contribution in [0.25, 0.3) is 5.57 Å². The fourth-order valence-corrected chi connectivity index (χ4v) is 6.55. The van der Waals surface area contributed by atoms with Crippen molar-refractivity contribution in [1.82, 2.24) is 0 Å². The van der Waals surface area contributed by atoms with Gasteiger partial charge in [0, 0.05) is 6.92 Å². The maximum Gasteiger partial charge on any atom is 0.308 e. The third-order valence-corrected chi connectivity index (χ3v) is 8.11. The average molecular weight is 490 g/mol. The molecule has 0 aromatic heterocycles. The fourth-order valence-electron chi connectivity index (χ4n) is 6.55. The minimum absolute atomic E-state index is 0.211. The monoisotopic (exact) mass is 489 g/mol. The Kier molecular flexibility index (Phi) is 5.45. The lowest BCUT2D eigenvalue weighted by molar-refractivity contribution is -0.132. The molecule has 2 aliphatic carbocycles. The van der Waals surface area contributed by atoms with Crippen molar-refractivity contribution in [2.24, 2.45) is 10.8 Å². The Morgan fingerprint density at radius 2 is 1.22 bits per heavy atom. The Morgan fingerprint density at radius 3 is 1.73 bits per heavy atom. The van der Waals surface area contributed by atoms with E-state index in [9.17, 15) is 14.4 Å². The van der Waals surface area contributed by atoms with Crippen LogP contribution in [0.3, 0.4) is 0 Å². The van der Waals surface area contributed by atoms with Gasteiger partial charge in [-0.1, -0.05) is 90.5 Å². The maximum atomic E-state index is 14.3. The summed E-state index contributed by atoms with van der Waals surface area (Å²) in [5.41, 5.74) is 2.99. The highest BCUT2D eigenvalue weighted by Gasteiger charge is 2.72. The lowest BCUT2D eigenvalue weighted by Crippen LogP contribution is -2.41. The second-order valence-corrected chi connectivity index (χ2v) is 10.1. The molecule has 1 saturated heterocycles. The highest BCUT2D eigenvalue weighted by atomic mass is 16.5. The Labute approximate surface area is 216 Å². The first-order valence-corrected chi connectivity index (χ1v) is 12.6. The van der Waals surface area contributed by atoms with Crippen LogP contribution in [0.1, 0.15) is 43.7 Å². The van der Waals surface area contributed by atoms with Gasteiger partial charge in [0.05, 0.1) is 16.5 Å². The number of para-hydroxylation sites is 2. The molecule has 5 heteroatoms. The molecule has 0 spiro atoms. The lowest BCUT2D eigenvalue weighted by Gasteiger charge is -2.36. The van der Waals surface area contributed by atoms with E-state index in [0.717, 1.165) is 22.3 Å². The van der Waals surface area contributed by atoms with E-state index in [-0.39, 0.29) is 17.6 Å². The zero-order valence-electron chi connectivity index (χ0n) is 20.6. The molecular formula is C32H27NO4. The largest absolute Gasteiger partial charge is 0.424 e. The van der Waals surface area contributed by atoms with Gasteiger partial charge in [-0.05, 0) is 54.5 Å². The van der Waals surface area contributed by atoms with Crippen LogP contribution in [-0.2, 0) is 14.4 Å². The quantitative estimate of drug-likeness (QED) is 0.192. The van der Waals surface area contributed by atoms with Crippen molar-refractivity contribution >= 4 is 29.0 Å². The number of esters is 1. The molecule has 1 saturated carbocycles. The molecule has 3 aromatic rings. The molecular weight excluding hydrogens is 462 g/mol. The minimum atomic E-state index is -0.869. The van der Waals surface area contributed by atoms with Crippen LogP contribution >= 0.6 is 0 Å². The highest BCUT2D eigenvalue weighted by molar-refractivity contribution is 6.27. The van der Waals surface area contributed by atoms with E-state index < -0.39 is 16.8 Å². The molecule has 2 unspecified atom stereocenters. The van der Waals surface area contributed by atoms with E-state index in [2.05, 4.69) is 24.3 Å². The number of rotatable bonds is 4. The normalized spacial score (nSPS) is 24.1. The van der Waals surface area contributed by atoms with Crippen molar-refractivity contribution in [2.75, 3.05) is 4.90 Å². The molecule has 3 aromatic carbocycles. The van der Waals surface area contributed by atoms with Crippen molar-refractivity contribution < 1.29 is 19.1 Å². The smallest absolute Gasteiger partial charge is 0.308 e. The van der Waals surface area contributed by atoms with Gasteiger partial charge in [-0.15, -0.1) is 0 Å². The predicted octanol–water partition coefficient (Wildman–Crippen LogP) is 6.10. The summed E-state index contributed by atoms with van der Waals surface area (Å²) in [6.45, 7) is 1.31. The summed E-state index contributed by atoms with van der Waals surface area (Å²) >= 11 is 0. The van der Waals surface area contributed by atoms with Gasteiger partial charge in [-0.2, -0.15) is 0 Å². The van der Waals surface area contributed by atoms with E-state index >= 15 is 0 Å². The van der Waals surface area contributed by atoms with Crippen LogP contribution in [0.15, 0.2) is 103 Å². The summed E-state index contributed by atoms with van der Waals surface area (Å²) in [4.78, 5) is 41.7. The van der Waals surface area contributed by atoms with Gasteiger partial charge in [0.1, 0.15) is 0 Å². The number of imide groups is 1. The van der Waals surface area contributed by atoms with Crippen molar-refractivity contribution in [3.63, 3.8) is 0 Å². The number of allylic oxidation sites excluding steroid dienone is 3. The molecule has 6 rings (SSSR count). The SMILES string of the molecule is CC(=O)Oc1ccccc1N1C(=O)C23CC=CCC2(CC(=C(c2ccccc2)c2ccccc2)C3)C1=O. The minimum Gasteiger partial charge on any atom is -0.424 e. The number of nitrogens with zero attached hydrogens (tertiary/aromatic N) is 1. The summed E-state index contributed by atoms with van der Waals surface area (Å²) in [5.74, 6) is -0.698. The van der Waals surface area contributed by atoms with Crippen LogP contribution in [0, 0.1) is 10.8 Å². The summed E-state index contributed by atoms with van der Waals surface area (Å²) in [7, 11) is 0. The van der Waals surface area contributed by atoms with Crippen molar-refractivity contribution in [2.45, 2.75) is 32.6 Å². The third kappa shape index (κ3) is 3.41. The molecule has 0 N–H and O–H groups in total. The first kappa shape index (κ1) is 23.2. The Bertz CT molecular complexity index is 1390. The molecule has 184 valence electrons. The number of carbonyl (C=O) groups is 3. The highest BCUT2D eigenvalue weighted by Crippen LogP contribution is 2.67. The third-order valence-electron chi connectivity index (χ3n) is 8.11. The van der Waals surface area contributed by atoms with Crippen molar-refractivity contribution in [3.05, 3.63) is 114 Å². The predicted molar refractivity (Wildman–Crippen MR) is 142 cm³/mol. The van der Waals surface area contributed by atoms with Gasteiger partial charge < -0.3 is 4.74 Å². The lowest BCUT2D eigenvalue weighted by atomic mass is 9.61. The van der Waals surface area contributed by atoms with E-state index in [0.29, 0.717) is 31.4 Å². The molecule has 0 bridgehead atoms. The Balaban J connectivity index is 1.51. The molecule has 5 nitrogen and oxygen atoms in total. The molecule has 2 amide bonds. The Morgan fingerprint density at radius 1 is 0.730 bits per heavy atom. The van der Waals surface area contributed by atoms with Gasteiger partial charge in [0.2, 0.25) is 11.8 Å². The van der Waals surface area contributed by atoms with E-state index in [1.54, 1.807) is 24.3 Å². The number of anilines is 1. The summed E-state index contributed by atoms with van der Waals surface area (Å²) in [5, 5.41) is 0. The zero-order valence-corrected chi connectivity index (χ0v) is 20.6. The second kappa shape index (κ2) is 8.70. The van der Waals surface area contributed by atoms with E-state index in [1.807, 2.05) is 48.6 Å². The van der Waals surface area contributed by atoms with Gasteiger partial charge in [-0.3, -0.25) is 14.4 Å². The molecule has 3 aliphatic rings. The van der Waals surface area contributed by atoms with Crippen LogP contribution in [0.4, 0.5) is 5.69 Å². The Hall–Kier alpha value is -4.25. The van der Waals surface area contributed by atoms with E-state index in [1.165, 1.54) is 11.8 Å². The number of carbonyl (C=O) groups excluding carboxylic acids is 3. The van der Waals surface area contributed by atoms with Crippen LogP contribution in [-0.4, -0.2) is 17.8 Å². The molecule has 1 heterocycles. The van der Waals surface area contributed by atoms with Gasteiger partial charge in [0.15, 0.2) is 5.75 Å². The summed E-state index contributed by atoms with van der Waals surface area (Å²) in [6.07, 6.45) is 6.10. The van der Waals surface area contributed by atoms with E-state index in [4.69, 9.17) is 4.74 Å². The molecule has 0 radical (unpaired) electrons. The molecule has 1 aliphatic heterocycles.